The third-order valence-corrected chi connectivity index (χ3v) is 5.08. The highest BCUT2D eigenvalue weighted by atomic mass is 32.1. The average Bonchev–Trinajstić information content (AvgIpc) is 3.04. The maximum atomic E-state index is 11.5. The number of morpholine rings is 1. The largest absolute Gasteiger partial charge is 0.476 e. The molecule has 0 radical (unpaired) electrons. The number of hydrogen-bond donors (Lipinski definition) is 1. The van der Waals surface area contributed by atoms with Gasteiger partial charge in [-0.1, -0.05) is 0 Å². The second-order valence-corrected chi connectivity index (χ2v) is 6.23. The molecular weight excluding hydrogens is 280 g/mol. The number of aromatic carboxylic acids is 1. The van der Waals surface area contributed by atoms with Gasteiger partial charge < -0.3 is 9.84 Å². The summed E-state index contributed by atoms with van der Waals surface area (Å²) in [6.45, 7) is 3.81. The van der Waals surface area contributed by atoms with Gasteiger partial charge in [0.2, 0.25) is 0 Å². The fourth-order valence-corrected chi connectivity index (χ4v) is 3.82. The predicted octanol–water partition coefficient (Wildman–Crippen LogP) is 1.58. The second-order valence-electron chi connectivity index (χ2n) is 5.20. The molecular formula is C13H16N2O4S. The zero-order chi connectivity index (χ0) is 14.3. The molecule has 2 fully saturated rings. The van der Waals surface area contributed by atoms with Crippen LogP contribution in [0, 0.1) is 0 Å². The van der Waals surface area contributed by atoms with Crippen LogP contribution in [0.25, 0.3) is 0 Å². The Hall–Kier alpha value is -1.31. The van der Waals surface area contributed by atoms with Crippen LogP contribution in [0.1, 0.15) is 51.0 Å². The number of carboxylic acid groups (broad SMARTS) is 1. The van der Waals surface area contributed by atoms with Crippen LogP contribution in [0.4, 0.5) is 0 Å². The monoisotopic (exact) mass is 296 g/mol. The maximum absolute atomic E-state index is 11.5. The summed E-state index contributed by atoms with van der Waals surface area (Å²) in [6, 6.07) is 0.484. The summed E-state index contributed by atoms with van der Waals surface area (Å²) in [4.78, 5) is 29.3. The molecule has 2 aliphatic heterocycles. The van der Waals surface area contributed by atoms with Crippen molar-refractivity contribution >= 4 is 23.1 Å². The third-order valence-electron chi connectivity index (χ3n) is 3.83. The van der Waals surface area contributed by atoms with Crippen LogP contribution >= 0.6 is 11.3 Å². The first-order chi connectivity index (χ1) is 9.56. The standard InChI is InChI=1S/C13H16N2O4S/c1-7(16)11-10(13(17)18)14-12(20-11)9-5-15-4-2-3-8(15)6-19-9/h8-9H,2-6H2,1H3,(H,17,18). The number of fused-ring (bicyclic) bond motifs is 1. The summed E-state index contributed by atoms with van der Waals surface area (Å²) in [7, 11) is 0. The smallest absolute Gasteiger partial charge is 0.356 e. The topological polar surface area (TPSA) is 79.7 Å². The fourth-order valence-electron chi connectivity index (χ4n) is 2.82. The number of ether oxygens (including phenoxy) is 1. The number of nitrogens with zero attached hydrogens (tertiary/aromatic N) is 2. The first-order valence-electron chi connectivity index (χ1n) is 6.67. The molecule has 1 aromatic rings. The molecule has 2 saturated heterocycles. The summed E-state index contributed by atoms with van der Waals surface area (Å²) in [6.07, 6.45) is 2.11. The van der Waals surface area contributed by atoms with Crippen LogP contribution in [0.15, 0.2) is 0 Å². The van der Waals surface area contributed by atoms with Crippen molar-refractivity contribution in [2.45, 2.75) is 31.9 Å². The van der Waals surface area contributed by atoms with Gasteiger partial charge in [-0.05, 0) is 19.4 Å². The van der Waals surface area contributed by atoms with Crippen molar-refractivity contribution in [1.29, 1.82) is 0 Å². The number of carbonyl (C=O) groups excluding carboxylic acids is 1. The number of rotatable bonds is 3. The molecule has 1 aromatic heterocycles. The highest BCUT2D eigenvalue weighted by Crippen LogP contribution is 2.33. The van der Waals surface area contributed by atoms with Gasteiger partial charge >= 0.3 is 5.97 Å². The molecule has 3 heterocycles. The van der Waals surface area contributed by atoms with Gasteiger partial charge in [0, 0.05) is 19.5 Å². The first-order valence-corrected chi connectivity index (χ1v) is 7.48. The summed E-state index contributed by atoms with van der Waals surface area (Å²) < 4.78 is 5.81. The number of aromatic nitrogens is 1. The van der Waals surface area contributed by atoms with Crippen LogP contribution in [0.2, 0.25) is 0 Å². The zero-order valence-electron chi connectivity index (χ0n) is 11.2. The van der Waals surface area contributed by atoms with E-state index in [1.807, 2.05) is 0 Å². The van der Waals surface area contributed by atoms with Crippen LogP contribution in [-0.2, 0) is 4.74 Å². The van der Waals surface area contributed by atoms with Gasteiger partial charge in [-0.2, -0.15) is 0 Å². The van der Waals surface area contributed by atoms with Gasteiger partial charge in [0.1, 0.15) is 16.0 Å². The summed E-state index contributed by atoms with van der Waals surface area (Å²) in [5.74, 6) is -1.42. The number of Topliss-reactive ketones (excluding diaryl/α,β-unsaturated/α-hetero) is 1. The van der Waals surface area contributed by atoms with Gasteiger partial charge in [-0.25, -0.2) is 9.78 Å². The van der Waals surface area contributed by atoms with E-state index in [1.54, 1.807) is 0 Å². The lowest BCUT2D eigenvalue weighted by atomic mass is 10.2. The summed E-state index contributed by atoms with van der Waals surface area (Å²) >= 11 is 1.14. The van der Waals surface area contributed by atoms with Gasteiger partial charge in [0.05, 0.1) is 6.61 Å². The van der Waals surface area contributed by atoms with Crippen molar-refractivity contribution in [2.24, 2.45) is 0 Å². The van der Waals surface area contributed by atoms with Crippen molar-refractivity contribution in [3.05, 3.63) is 15.6 Å². The molecule has 0 spiro atoms. The van der Waals surface area contributed by atoms with Gasteiger partial charge in [0.15, 0.2) is 11.5 Å². The Balaban J connectivity index is 1.85. The van der Waals surface area contributed by atoms with Gasteiger partial charge in [0.25, 0.3) is 0 Å². The van der Waals surface area contributed by atoms with E-state index in [9.17, 15) is 9.59 Å². The molecule has 6 nitrogen and oxygen atoms in total. The molecule has 0 amide bonds. The Labute approximate surface area is 120 Å². The number of thiazole rings is 1. The van der Waals surface area contributed by atoms with Crippen molar-refractivity contribution in [3.63, 3.8) is 0 Å². The lowest BCUT2D eigenvalue weighted by Crippen LogP contribution is -2.42. The Morgan fingerprint density at radius 2 is 2.30 bits per heavy atom. The molecule has 7 heteroatoms. The van der Waals surface area contributed by atoms with Gasteiger partial charge in [-0.15, -0.1) is 11.3 Å². The Bertz CT molecular complexity index is 525. The average molecular weight is 296 g/mol. The van der Waals surface area contributed by atoms with E-state index in [2.05, 4.69) is 9.88 Å². The fraction of sp³-hybridized carbons (Fsp3) is 0.615. The number of ketones is 1. The minimum Gasteiger partial charge on any atom is -0.476 e. The lowest BCUT2D eigenvalue weighted by molar-refractivity contribution is -0.0502. The lowest BCUT2D eigenvalue weighted by Gasteiger charge is -2.34. The maximum Gasteiger partial charge on any atom is 0.356 e. The Morgan fingerprint density at radius 3 is 2.95 bits per heavy atom. The molecule has 3 rings (SSSR count). The van der Waals surface area contributed by atoms with Crippen LogP contribution in [0.3, 0.4) is 0 Å². The van der Waals surface area contributed by atoms with Crippen LogP contribution in [0.5, 0.6) is 0 Å². The van der Waals surface area contributed by atoms with Crippen molar-refractivity contribution < 1.29 is 19.4 Å². The van der Waals surface area contributed by atoms with Crippen molar-refractivity contribution in [1.82, 2.24) is 9.88 Å². The summed E-state index contributed by atoms with van der Waals surface area (Å²) in [5.41, 5.74) is -0.148. The number of carboxylic acids is 1. The summed E-state index contributed by atoms with van der Waals surface area (Å²) in [5, 5.41) is 9.71. The normalized spacial score (nSPS) is 26.4. The quantitative estimate of drug-likeness (QED) is 0.853. The minimum atomic E-state index is -1.16. The van der Waals surface area contributed by atoms with E-state index in [1.165, 1.54) is 13.3 Å². The van der Waals surface area contributed by atoms with Crippen LogP contribution < -0.4 is 0 Å². The zero-order valence-corrected chi connectivity index (χ0v) is 12.0. The molecule has 2 aliphatic rings. The predicted molar refractivity (Wildman–Crippen MR) is 72.4 cm³/mol. The molecule has 20 heavy (non-hydrogen) atoms. The molecule has 0 saturated carbocycles. The van der Waals surface area contributed by atoms with E-state index in [0.717, 1.165) is 30.8 Å². The third kappa shape index (κ3) is 2.36. The minimum absolute atomic E-state index is 0.148. The molecule has 108 valence electrons. The molecule has 1 N–H and O–H groups in total. The van der Waals surface area contributed by atoms with E-state index in [-0.39, 0.29) is 22.5 Å². The van der Waals surface area contributed by atoms with E-state index in [0.29, 0.717) is 17.7 Å². The number of hydrogen-bond acceptors (Lipinski definition) is 6. The second kappa shape index (κ2) is 5.23. The Kier molecular flexibility index (Phi) is 3.57. The highest BCUT2D eigenvalue weighted by molar-refractivity contribution is 7.14. The molecule has 0 aliphatic carbocycles. The first kappa shape index (κ1) is 13.7. The van der Waals surface area contributed by atoms with Gasteiger partial charge in [-0.3, -0.25) is 9.69 Å². The van der Waals surface area contributed by atoms with E-state index in [4.69, 9.17) is 9.84 Å². The van der Waals surface area contributed by atoms with Crippen molar-refractivity contribution in [3.8, 4) is 0 Å². The number of carbonyl (C=O) groups is 2. The molecule has 0 aromatic carbocycles. The van der Waals surface area contributed by atoms with E-state index < -0.39 is 5.97 Å². The van der Waals surface area contributed by atoms with E-state index >= 15 is 0 Å². The van der Waals surface area contributed by atoms with Crippen LogP contribution in [-0.4, -0.2) is 52.5 Å². The Morgan fingerprint density at radius 1 is 1.50 bits per heavy atom. The molecule has 2 atom stereocenters. The highest BCUT2D eigenvalue weighted by Gasteiger charge is 2.35. The molecule has 0 bridgehead atoms. The SMILES string of the molecule is CC(=O)c1sc(C2CN3CCCC3CO2)nc1C(=O)O. The van der Waals surface area contributed by atoms with Crippen molar-refractivity contribution in [2.75, 3.05) is 19.7 Å². The molecule has 2 unspecified atom stereocenters.